The molecule has 0 aliphatic carbocycles. The van der Waals surface area contributed by atoms with Crippen molar-refractivity contribution in [2.75, 3.05) is 0 Å². The Morgan fingerprint density at radius 1 is 1.40 bits per heavy atom. The van der Waals surface area contributed by atoms with Crippen LogP contribution in [0.4, 0.5) is 10.1 Å². The highest BCUT2D eigenvalue weighted by molar-refractivity contribution is 6.29. The number of amides is 1. The maximum atomic E-state index is 13.4. The van der Waals surface area contributed by atoms with Gasteiger partial charge >= 0.3 is 0 Å². The summed E-state index contributed by atoms with van der Waals surface area (Å²) < 4.78 is 13.4. The summed E-state index contributed by atoms with van der Waals surface area (Å²) in [6, 6.07) is 4.57. The van der Waals surface area contributed by atoms with Crippen LogP contribution in [-0.2, 0) is 0 Å². The van der Waals surface area contributed by atoms with E-state index in [0.29, 0.717) is 0 Å². The van der Waals surface area contributed by atoms with Crippen LogP contribution in [0.25, 0.3) is 11.1 Å². The Hall–Kier alpha value is -2.54. The zero-order chi connectivity index (χ0) is 14.9. The smallest absolute Gasteiger partial charge is 0.277 e. The molecule has 0 atom stereocenters. The lowest BCUT2D eigenvalue weighted by atomic mass is 10.0. The largest absolute Gasteiger partial charge is 0.366 e. The maximum absolute atomic E-state index is 13.4. The first-order valence-corrected chi connectivity index (χ1v) is 5.67. The molecule has 2 rings (SSSR count). The molecule has 1 amide bonds. The van der Waals surface area contributed by atoms with Gasteiger partial charge in [-0.3, -0.25) is 14.9 Å². The predicted octanol–water partition coefficient (Wildman–Crippen LogP) is 2.55. The van der Waals surface area contributed by atoms with E-state index in [0.717, 1.165) is 12.1 Å². The van der Waals surface area contributed by atoms with E-state index in [-0.39, 0.29) is 27.5 Å². The first-order chi connectivity index (χ1) is 9.40. The second-order valence-electron chi connectivity index (χ2n) is 3.85. The summed E-state index contributed by atoms with van der Waals surface area (Å²) in [6.07, 6.45) is 1.18. The lowest BCUT2D eigenvalue weighted by molar-refractivity contribution is -0.384. The van der Waals surface area contributed by atoms with Gasteiger partial charge < -0.3 is 5.73 Å². The van der Waals surface area contributed by atoms with Crippen molar-refractivity contribution in [2.24, 2.45) is 5.73 Å². The van der Waals surface area contributed by atoms with Gasteiger partial charge in [0.25, 0.3) is 5.69 Å². The Kier molecular flexibility index (Phi) is 3.62. The predicted molar refractivity (Wildman–Crippen MR) is 69.8 cm³/mol. The molecule has 0 spiro atoms. The van der Waals surface area contributed by atoms with Gasteiger partial charge in [-0.15, -0.1) is 0 Å². The molecule has 0 unspecified atom stereocenters. The van der Waals surface area contributed by atoms with Gasteiger partial charge in [0.05, 0.1) is 10.5 Å². The summed E-state index contributed by atoms with van der Waals surface area (Å²) >= 11 is 5.46. The molecule has 102 valence electrons. The fourth-order valence-electron chi connectivity index (χ4n) is 1.65. The Morgan fingerprint density at radius 3 is 2.65 bits per heavy atom. The summed E-state index contributed by atoms with van der Waals surface area (Å²) in [5, 5.41) is 10.6. The highest BCUT2D eigenvalue weighted by Crippen LogP contribution is 2.31. The Morgan fingerprint density at radius 2 is 2.10 bits per heavy atom. The van der Waals surface area contributed by atoms with Crippen LogP contribution < -0.4 is 5.73 Å². The fraction of sp³-hybridized carbons (Fsp3) is 0. The molecule has 2 aromatic rings. The number of nitro groups is 1. The SMILES string of the molecule is NC(=O)c1ccc([N+](=O)[O-])c(-c2cnc(Cl)c(F)c2)c1. The number of aromatic nitrogens is 1. The summed E-state index contributed by atoms with van der Waals surface area (Å²) in [5.74, 6) is -1.56. The van der Waals surface area contributed by atoms with Crippen LogP contribution in [0.15, 0.2) is 30.5 Å². The molecule has 1 heterocycles. The number of pyridine rings is 1. The third-order valence-corrected chi connectivity index (χ3v) is 2.86. The number of carbonyl (C=O) groups excluding carboxylic acids is 1. The summed E-state index contributed by atoms with van der Waals surface area (Å²) in [7, 11) is 0. The van der Waals surface area contributed by atoms with Crippen molar-refractivity contribution < 1.29 is 14.1 Å². The first kappa shape index (κ1) is 13.9. The van der Waals surface area contributed by atoms with Crippen molar-refractivity contribution in [1.82, 2.24) is 4.98 Å². The Labute approximate surface area is 117 Å². The molecular formula is C12H7ClFN3O3. The van der Waals surface area contributed by atoms with Gasteiger partial charge in [-0.25, -0.2) is 9.37 Å². The number of halogens is 2. The minimum atomic E-state index is -0.817. The monoisotopic (exact) mass is 295 g/mol. The number of carbonyl (C=O) groups is 1. The second-order valence-corrected chi connectivity index (χ2v) is 4.21. The topological polar surface area (TPSA) is 99.1 Å². The molecule has 0 bridgehead atoms. The van der Waals surface area contributed by atoms with Crippen molar-refractivity contribution in [1.29, 1.82) is 0 Å². The molecule has 1 aromatic carbocycles. The van der Waals surface area contributed by atoms with Gasteiger partial charge in [0.1, 0.15) is 0 Å². The summed E-state index contributed by atoms with van der Waals surface area (Å²) in [5.41, 5.74) is 5.06. The molecule has 0 radical (unpaired) electrons. The highest BCUT2D eigenvalue weighted by Gasteiger charge is 2.18. The van der Waals surface area contributed by atoms with Crippen molar-refractivity contribution >= 4 is 23.2 Å². The molecule has 0 fully saturated rings. The van der Waals surface area contributed by atoms with Gasteiger partial charge in [-0.1, -0.05) is 11.6 Å². The van der Waals surface area contributed by atoms with Crippen LogP contribution in [0.5, 0.6) is 0 Å². The van der Waals surface area contributed by atoms with E-state index in [2.05, 4.69) is 4.98 Å². The molecule has 0 aliphatic rings. The van der Waals surface area contributed by atoms with Crippen LogP contribution in [0, 0.1) is 15.9 Å². The lowest BCUT2D eigenvalue weighted by Crippen LogP contribution is -2.11. The van der Waals surface area contributed by atoms with E-state index in [9.17, 15) is 19.3 Å². The highest BCUT2D eigenvalue weighted by atomic mass is 35.5. The van der Waals surface area contributed by atoms with Gasteiger partial charge in [-0.05, 0) is 18.2 Å². The molecule has 6 nitrogen and oxygen atoms in total. The normalized spacial score (nSPS) is 10.3. The fourth-order valence-corrected chi connectivity index (χ4v) is 1.75. The van der Waals surface area contributed by atoms with E-state index in [1.54, 1.807) is 0 Å². The van der Waals surface area contributed by atoms with Crippen LogP contribution >= 0.6 is 11.6 Å². The van der Waals surface area contributed by atoms with Crippen LogP contribution in [0.1, 0.15) is 10.4 Å². The van der Waals surface area contributed by atoms with Crippen LogP contribution in [0.3, 0.4) is 0 Å². The van der Waals surface area contributed by atoms with Gasteiger partial charge in [0, 0.05) is 23.4 Å². The quantitative estimate of drug-likeness (QED) is 0.534. The van der Waals surface area contributed by atoms with Crippen LogP contribution in [-0.4, -0.2) is 15.8 Å². The molecule has 20 heavy (non-hydrogen) atoms. The van der Waals surface area contributed by atoms with Crippen LogP contribution in [0.2, 0.25) is 5.15 Å². The van der Waals surface area contributed by atoms with E-state index in [1.807, 2.05) is 0 Å². The number of hydrogen-bond donors (Lipinski definition) is 1. The van der Waals surface area contributed by atoms with Crippen molar-refractivity contribution in [3.8, 4) is 11.1 Å². The third-order valence-electron chi connectivity index (χ3n) is 2.59. The molecule has 2 N–H and O–H groups in total. The number of nitro benzene ring substituents is 1. The average Bonchev–Trinajstić information content (AvgIpc) is 2.41. The molecular weight excluding hydrogens is 289 g/mol. The minimum absolute atomic E-state index is 0.0365. The number of benzene rings is 1. The Balaban J connectivity index is 2.68. The average molecular weight is 296 g/mol. The van der Waals surface area contributed by atoms with Crippen molar-refractivity contribution in [3.63, 3.8) is 0 Å². The van der Waals surface area contributed by atoms with Gasteiger partial charge in [0.15, 0.2) is 11.0 Å². The minimum Gasteiger partial charge on any atom is -0.366 e. The van der Waals surface area contributed by atoms with E-state index in [4.69, 9.17) is 17.3 Å². The Bertz CT molecular complexity index is 721. The number of nitrogens with zero attached hydrogens (tertiary/aromatic N) is 2. The first-order valence-electron chi connectivity index (χ1n) is 5.30. The second kappa shape index (κ2) is 5.22. The number of primary amides is 1. The maximum Gasteiger partial charge on any atom is 0.277 e. The standard InChI is InChI=1S/C12H7ClFN3O3/c13-11-9(14)4-7(5-16-11)8-3-6(12(15)18)1-2-10(8)17(19)20/h1-5H,(H2,15,18). The number of rotatable bonds is 3. The zero-order valence-corrected chi connectivity index (χ0v) is 10.6. The summed E-state index contributed by atoms with van der Waals surface area (Å²) in [4.78, 5) is 25.0. The van der Waals surface area contributed by atoms with Gasteiger partial charge in [-0.2, -0.15) is 0 Å². The zero-order valence-electron chi connectivity index (χ0n) is 9.84. The summed E-state index contributed by atoms with van der Waals surface area (Å²) in [6.45, 7) is 0. The molecule has 0 saturated carbocycles. The van der Waals surface area contributed by atoms with Gasteiger partial charge in [0.2, 0.25) is 5.91 Å². The van der Waals surface area contributed by atoms with E-state index < -0.39 is 16.6 Å². The lowest BCUT2D eigenvalue weighted by Gasteiger charge is -2.05. The van der Waals surface area contributed by atoms with E-state index in [1.165, 1.54) is 18.3 Å². The third kappa shape index (κ3) is 2.57. The molecule has 1 aromatic heterocycles. The van der Waals surface area contributed by atoms with Crippen molar-refractivity contribution in [2.45, 2.75) is 0 Å². The van der Waals surface area contributed by atoms with Crippen molar-refractivity contribution in [3.05, 3.63) is 57.1 Å². The number of hydrogen-bond acceptors (Lipinski definition) is 4. The molecule has 0 saturated heterocycles. The number of nitrogens with two attached hydrogens (primary N) is 1. The molecule has 8 heteroatoms. The van der Waals surface area contributed by atoms with E-state index >= 15 is 0 Å². The molecule has 0 aliphatic heterocycles.